The standard InChI is InChI=1S/C16H36N6O4S/c1-13(20-23)15(3,4)18-8-10-22(27(25,26)12-7-17)11-9-19-16(5,6)14(2)21-24/h13-14,18-19H,7-12,17H2,1-6H3. The van der Waals surface area contributed by atoms with Gasteiger partial charge in [0.2, 0.25) is 10.0 Å². The lowest BCUT2D eigenvalue weighted by Gasteiger charge is -2.32. The van der Waals surface area contributed by atoms with Crippen molar-refractivity contribution in [1.82, 2.24) is 14.9 Å². The first-order chi connectivity index (χ1) is 12.3. The molecule has 0 aromatic rings. The Kier molecular flexibility index (Phi) is 10.7. The molecular weight excluding hydrogens is 372 g/mol. The molecule has 27 heavy (non-hydrogen) atoms. The van der Waals surface area contributed by atoms with E-state index in [2.05, 4.69) is 21.0 Å². The molecule has 0 aliphatic rings. The maximum atomic E-state index is 12.5. The molecule has 0 saturated heterocycles. The molecule has 0 aromatic heterocycles. The van der Waals surface area contributed by atoms with Gasteiger partial charge in [0.25, 0.3) is 0 Å². The van der Waals surface area contributed by atoms with Gasteiger partial charge in [-0.05, 0) is 41.5 Å². The number of nitrogens with two attached hydrogens (primary N) is 1. The Morgan fingerprint density at radius 1 is 0.926 bits per heavy atom. The summed E-state index contributed by atoms with van der Waals surface area (Å²) >= 11 is 0. The van der Waals surface area contributed by atoms with Gasteiger partial charge in [-0.1, -0.05) is 10.4 Å². The molecule has 0 aliphatic carbocycles. The minimum Gasteiger partial charge on any atom is -0.329 e. The third-order valence-corrected chi connectivity index (χ3v) is 6.96. The van der Waals surface area contributed by atoms with Crippen molar-refractivity contribution in [3.05, 3.63) is 9.81 Å². The molecule has 0 amide bonds. The molecule has 11 heteroatoms. The van der Waals surface area contributed by atoms with Gasteiger partial charge in [0.05, 0.1) is 5.75 Å². The maximum Gasteiger partial charge on any atom is 0.215 e. The van der Waals surface area contributed by atoms with E-state index in [1.807, 2.05) is 27.7 Å². The van der Waals surface area contributed by atoms with Crippen molar-refractivity contribution in [1.29, 1.82) is 0 Å². The fraction of sp³-hybridized carbons (Fsp3) is 1.00. The van der Waals surface area contributed by atoms with Crippen LogP contribution in [0, 0.1) is 9.81 Å². The Balaban J connectivity index is 4.92. The largest absolute Gasteiger partial charge is 0.329 e. The van der Waals surface area contributed by atoms with Crippen LogP contribution in [0.4, 0.5) is 0 Å². The molecule has 160 valence electrons. The summed E-state index contributed by atoms with van der Waals surface area (Å²) in [6.07, 6.45) is 0. The van der Waals surface area contributed by atoms with Crippen LogP contribution in [0.3, 0.4) is 0 Å². The monoisotopic (exact) mass is 408 g/mol. The molecule has 2 atom stereocenters. The van der Waals surface area contributed by atoms with E-state index in [1.54, 1.807) is 13.8 Å². The van der Waals surface area contributed by atoms with Gasteiger partial charge in [-0.3, -0.25) is 0 Å². The van der Waals surface area contributed by atoms with Crippen LogP contribution in [-0.4, -0.2) is 74.4 Å². The third kappa shape index (κ3) is 8.69. The molecular formula is C16H36N6O4S. The summed E-state index contributed by atoms with van der Waals surface area (Å²) in [7, 11) is -3.50. The van der Waals surface area contributed by atoms with Gasteiger partial charge in [-0.15, -0.1) is 0 Å². The number of nitroso groups, excluding NO2 is 2. The molecule has 0 rings (SSSR count). The van der Waals surface area contributed by atoms with Crippen LogP contribution >= 0.6 is 0 Å². The zero-order valence-corrected chi connectivity index (χ0v) is 18.2. The summed E-state index contributed by atoms with van der Waals surface area (Å²) in [5.41, 5.74) is 4.34. The molecule has 0 heterocycles. The highest BCUT2D eigenvalue weighted by molar-refractivity contribution is 7.89. The van der Waals surface area contributed by atoms with E-state index < -0.39 is 33.2 Å². The molecule has 0 saturated carbocycles. The zero-order valence-electron chi connectivity index (χ0n) is 17.4. The Hall–Kier alpha value is -1.01. The highest BCUT2D eigenvalue weighted by Crippen LogP contribution is 2.13. The van der Waals surface area contributed by atoms with Crippen molar-refractivity contribution >= 4 is 10.0 Å². The van der Waals surface area contributed by atoms with E-state index in [0.29, 0.717) is 13.1 Å². The molecule has 4 N–H and O–H groups in total. The fourth-order valence-corrected chi connectivity index (χ4v) is 3.53. The predicted molar refractivity (Wildman–Crippen MR) is 109 cm³/mol. The third-order valence-electron chi connectivity index (χ3n) is 5.06. The highest BCUT2D eigenvalue weighted by Gasteiger charge is 2.29. The molecule has 0 bridgehead atoms. The summed E-state index contributed by atoms with van der Waals surface area (Å²) in [4.78, 5) is 21.5. The number of nitrogens with zero attached hydrogens (tertiary/aromatic N) is 3. The van der Waals surface area contributed by atoms with Crippen LogP contribution in [0.5, 0.6) is 0 Å². The first-order valence-corrected chi connectivity index (χ1v) is 10.8. The van der Waals surface area contributed by atoms with Gasteiger partial charge < -0.3 is 16.4 Å². The maximum absolute atomic E-state index is 12.5. The van der Waals surface area contributed by atoms with Crippen molar-refractivity contribution in [3.8, 4) is 0 Å². The van der Waals surface area contributed by atoms with Crippen LogP contribution in [0.1, 0.15) is 41.5 Å². The molecule has 0 aromatic carbocycles. The van der Waals surface area contributed by atoms with Crippen LogP contribution in [0.2, 0.25) is 0 Å². The molecule has 10 nitrogen and oxygen atoms in total. The number of hydrogen-bond acceptors (Lipinski definition) is 9. The first kappa shape index (κ1) is 26.0. The Bertz CT molecular complexity index is 535. The van der Waals surface area contributed by atoms with E-state index in [4.69, 9.17) is 5.73 Å². The van der Waals surface area contributed by atoms with Gasteiger partial charge in [-0.2, -0.15) is 14.1 Å². The number of sulfonamides is 1. The fourth-order valence-electron chi connectivity index (χ4n) is 2.23. The molecule has 0 aliphatic heterocycles. The van der Waals surface area contributed by atoms with Gasteiger partial charge >= 0.3 is 0 Å². The second kappa shape index (κ2) is 11.1. The van der Waals surface area contributed by atoms with Gasteiger partial charge in [0, 0.05) is 43.8 Å². The summed E-state index contributed by atoms with van der Waals surface area (Å²) in [5, 5.41) is 12.4. The van der Waals surface area contributed by atoms with Gasteiger partial charge in [0.15, 0.2) is 0 Å². The topological polar surface area (TPSA) is 146 Å². The van der Waals surface area contributed by atoms with Gasteiger partial charge in [0.1, 0.15) is 12.1 Å². The van der Waals surface area contributed by atoms with Crippen LogP contribution in [-0.2, 0) is 10.0 Å². The van der Waals surface area contributed by atoms with E-state index in [0.717, 1.165) is 0 Å². The van der Waals surface area contributed by atoms with Crippen LogP contribution in [0.25, 0.3) is 0 Å². The molecule has 2 unspecified atom stereocenters. The second-order valence-electron chi connectivity index (χ2n) is 7.86. The lowest BCUT2D eigenvalue weighted by atomic mass is 9.97. The lowest BCUT2D eigenvalue weighted by Crippen LogP contribution is -2.53. The molecule has 0 fully saturated rings. The normalized spacial score (nSPS) is 15.6. The van der Waals surface area contributed by atoms with Crippen LogP contribution in [0.15, 0.2) is 10.4 Å². The first-order valence-electron chi connectivity index (χ1n) is 9.17. The number of rotatable bonds is 15. The SMILES string of the molecule is CC(N=O)C(C)(C)NCCN(CCNC(C)(C)C(C)N=O)S(=O)(=O)CCN. The summed E-state index contributed by atoms with van der Waals surface area (Å²) in [5.74, 6) is -0.140. The van der Waals surface area contributed by atoms with Crippen molar-refractivity contribution in [3.63, 3.8) is 0 Å². The average molecular weight is 409 g/mol. The zero-order chi connectivity index (χ0) is 21.3. The predicted octanol–water partition coefficient (Wildman–Crippen LogP) is 0.623. The quantitative estimate of drug-likeness (QED) is 0.337. The number of nitrogens with one attached hydrogen (secondary N) is 2. The van der Waals surface area contributed by atoms with E-state index in [1.165, 1.54) is 4.31 Å². The minimum absolute atomic E-state index is 0.0366. The Morgan fingerprint density at radius 3 is 1.59 bits per heavy atom. The Morgan fingerprint density at radius 2 is 1.30 bits per heavy atom. The van der Waals surface area contributed by atoms with E-state index >= 15 is 0 Å². The van der Waals surface area contributed by atoms with Gasteiger partial charge in [-0.25, -0.2) is 8.42 Å². The molecule has 0 radical (unpaired) electrons. The smallest absolute Gasteiger partial charge is 0.215 e. The molecule has 0 spiro atoms. The highest BCUT2D eigenvalue weighted by atomic mass is 32.2. The van der Waals surface area contributed by atoms with Crippen molar-refractivity contribution in [2.24, 2.45) is 16.1 Å². The summed E-state index contributed by atoms with van der Waals surface area (Å²) in [6.45, 7) is 12.0. The van der Waals surface area contributed by atoms with E-state index in [-0.39, 0.29) is 25.4 Å². The lowest BCUT2D eigenvalue weighted by molar-refractivity contribution is 0.294. The Labute approximate surface area is 163 Å². The minimum atomic E-state index is -3.50. The van der Waals surface area contributed by atoms with Crippen molar-refractivity contribution < 1.29 is 8.42 Å². The van der Waals surface area contributed by atoms with Crippen molar-refractivity contribution in [2.45, 2.75) is 64.7 Å². The van der Waals surface area contributed by atoms with Crippen molar-refractivity contribution in [2.75, 3.05) is 38.5 Å². The average Bonchev–Trinajstić information content (AvgIpc) is 2.58. The van der Waals surface area contributed by atoms with E-state index in [9.17, 15) is 18.2 Å². The van der Waals surface area contributed by atoms with Crippen LogP contribution < -0.4 is 16.4 Å². The second-order valence-corrected chi connectivity index (χ2v) is 9.95. The summed E-state index contributed by atoms with van der Waals surface area (Å²) in [6, 6.07) is -0.905. The summed E-state index contributed by atoms with van der Waals surface area (Å²) < 4.78 is 26.3. The number of hydrogen-bond donors (Lipinski definition) is 3.